The molecule has 0 fully saturated rings. The third-order valence-electron chi connectivity index (χ3n) is 5.44. The van der Waals surface area contributed by atoms with E-state index in [0.29, 0.717) is 0 Å². The molecule has 0 unspecified atom stereocenters. The second-order valence-electron chi connectivity index (χ2n) is 7.02. The van der Waals surface area contributed by atoms with E-state index in [9.17, 15) is 0 Å². The van der Waals surface area contributed by atoms with Crippen LogP contribution in [0, 0.1) is 6.92 Å². The Bertz CT molecular complexity index is 1030. The normalized spacial score (nSPS) is 14.2. The van der Waals surface area contributed by atoms with Gasteiger partial charge in [-0.2, -0.15) is 4.68 Å². The van der Waals surface area contributed by atoms with Gasteiger partial charge < -0.3 is 5.23 Å². The van der Waals surface area contributed by atoms with Crippen LogP contribution in [0.2, 0.25) is 0 Å². The lowest BCUT2D eigenvalue weighted by Crippen LogP contribution is -2.86. The summed E-state index contributed by atoms with van der Waals surface area (Å²) in [5.74, 6) is 0. The molecule has 3 nitrogen and oxygen atoms in total. The van der Waals surface area contributed by atoms with Crippen molar-refractivity contribution in [2.75, 3.05) is 5.23 Å². The van der Waals surface area contributed by atoms with Crippen molar-refractivity contribution in [1.29, 1.82) is 0 Å². The maximum absolute atomic E-state index is 3.92. The summed E-state index contributed by atoms with van der Waals surface area (Å²) >= 11 is 0. The number of anilines is 1. The van der Waals surface area contributed by atoms with Crippen molar-refractivity contribution in [3.63, 3.8) is 0 Å². The van der Waals surface area contributed by atoms with E-state index in [1.165, 1.54) is 22.2 Å². The second kappa shape index (κ2) is 5.63. The van der Waals surface area contributed by atoms with Gasteiger partial charge in [-0.15, -0.1) is 10.9 Å². The van der Waals surface area contributed by atoms with E-state index in [-0.39, 0.29) is 0 Å². The minimum absolute atomic E-state index is 1.15. The average molecular weight is 337 g/mol. The number of nitrogens with one attached hydrogen (secondary N) is 1. The van der Waals surface area contributed by atoms with E-state index in [1.807, 2.05) is 0 Å². The number of hydrogen-bond donors (Lipinski definition) is 1. The first-order valence-corrected chi connectivity index (χ1v) is 9.04. The van der Waals surface area contributed by atoms with Crippen molar-refractivity contribution in [3.8, 4) is 5.69 Å². The van der Waals surface area contributed by atoms with E-state index in [0.717, 1.165) is 5.69 Å². The average Bonchev–Trinajstić information content (AvgIpc) is 3.20. The highest BCUT2D eigenvalue weighted by atomic mass is 15.4. The van der Waals surface area contributed by atoms with Crippen LogP contribution >= 0.6 is 0 Å². The molecule has 1 N–H and O–H groups in total. The van der Waals surface area contributed by atoms with Gasteiger partial charge in [0.2, 0.25) is 0 Å². The number of aromatic nitrogens is 2. The molecule has 0 amide bonds. The molecule has 1 aliphatic heterocycles. The quantitative estimate of drug-likeness (QED) is 0.558. The van der Waals surface area contributed by atoms with Gasteiger partial charge in [0.15, 0.2) is 0 Å². The summed E-state index contributed by atoms with van der Waals surface area (Å²) in [6.07, 6.45) is 2.93. The minimum Gasteiger partial charge on any atom is -0.487 e. The molecule has 0 spiro atoms. The van der Waals surface area contributed by atoms with E-state index in [1.54, 1.807) is 0 Å². The van der Waals surface area contributed by atoms with Gasteiger partial charge in [0.25, 0.3) is 0 Å². The third-order valence-corrected chi connectivity index (χ3v) is 5.44. The molecule has 3 aromatic carbocycles. The van der Waals surface area contributed by atoms with Crippen LogP contribution in [0.25, 0.3) is 5.69 Å². The molecule has 26 heavy (non-hydrogen) atoms. The van der Waals surface area contributed by atoms with Gasteiger partial charge in [-0.05, 0) is 24.6 Å². The third kappa shape index (κ3) is 2.05. The lowest BCUT2D eigenvalue weighted by molar-refractivity contribution is -0.625. The van der Waals surface area contributed by atoms with Gasteiger partial charge in [0.05, 0.1) is 6.20 Å². The molecular weight excluding hydrogens is 317 g/mol. The molecular formula is C22H20BN3. The van der Waals surface area contributed by atoms with E-state index < -0.39 is 6.42 Å². The summed E-state index contributed by atoms with van der Waals surface area (Å²) in [5, 5.41) is 3.92. The Morgan fingerprint density at radius 2 is 1.46 bits per heavy atom. The molecule has 4 aromatic rings. The summed E-state index contributed by atoms with van der Waals surface area (Å²) in [6.45, 7) is 2.13. The highest BCUT2D eigenvalue weighted by molar-refractivity contribution is 6.98. The zero-order valence-electron chi connectivity index (χ0n) is 14.7. The maximum atomic E-state index is 3.92. The van der Waals surface area contributed by atoms with Crippen LogP contribution in [0.3, 0.4) is 0 Å². The highest BCUT2D eigenvalue weighted by Gasteiger charge is 2.46. The number of benzene rings is 3. The number of nitrogens with zero attached hydrogens (tertiary/aromatic N) is 2. The fourth-order valence-corrected chi connectivity index (χ4v) is 4.25. The van der Waals surface area contributed by atoms with Crippen LogP contribution in [-0.2, 0) is 0 Å². The smallest absolute Gasteiger partial charge is 0.450 e. The summed E-state index contributed by atoms with van der Waals surface area (Å²) in [5.41, 5.74) is 6.11. The highest BCUT2D eigenvalue weighted by Crippen LogP contribution is 2.26. The van der Waals surface area contributed by atoms with Gasteiger partial charge in [0.1, 0.15) is 11.9 Å². The van der Waals surface area contributed by atoms with Gasteiger partial charge in [0, 0.05) is 11.8 Å². The van der Waals surface area contributed by atoms with Crippen molar-refractivity contribution in [1.82, 2.24) is 4.68 Å². The molecule has 1 aliphatic rings. The molecule has 0 saturated carbocycles. The van der Waals surface area contributed by atoms with Crippen LogP contribution in [0.15, 0.2) is 97.3 Å². The summed E-state index contributed by atoms with van der Waals surface area (Å²) in [7, 11) is 0. The van der Waals surface area contributed by atoms with Crippen molar-refractivity contribution in [3.05, 3.63) is 103 Å². The van der Waals surface area contributed by atoms with Crippen molar-refractivity contribution < 1.29 is 4.59 Å². The van der Waals surface area contributed by atoms with Gasteiger partial charge in [-0.25, -0.2) is 0 Å². The molecule has 2 heterocycles. The van der Waals surface area contributed by atoms with E-state index in [2.05, 4.69) is 119 Å². The zero-order chi connectivity index (χ0) is 17.6. The number of hydrogen-bond acceptors (Lipinski definition) is 1. The molecule has 0 atom stereocenters. The molecule has 0 saturated heterocycles. The Morgan fingerprint density at radius 1 is 0.808 bits per heavy atom. The Labute approximate surface area is 153 Å². The second-order valence-corrected chi connectivity index (χ2v) is 7.02. The summed E-state index contributed by atoms with van der Waals surface area (Å²) in [4.78, 5) is 0. The first-order valence-electron chi connectivity index (χ1n) is 9.04. The largest absolute Gasteiger partial charge is 0.487 e. The fraction of sp³-hybridized carbons (Fsp3) is 0.0455. The Kier molecular flexibility index (Phi) is 3.25. The minimum atomic E-state index is -1.38. The Morgan fingerprint density at radius 3 is 2.12 bits per heavy atom. The maximum Gasteiger partial charge on any atom is 0.450 e. The van der Waals surface area contributed by atoms with Crippen LogP contribution < -0.4 is 20.7 Å². The molecule has 126 valence electrons. The van der Waals surface area contributed by atoms with Crippen molar-refractivity contribution >= 4 is 23.0 Å². The first-order chi connectivity index (χ1) is 12.8. The zero-order valence-corrected chi connectivity index (χ0v) is 14.7. The number of rotatable bonds is 2. The summed E-state index contributed by atoms with van der Waals surface area (Å²) < 4.78 is 4.60. The first kappa shape index (κ1) is 15.0. The Balaban J connectivity index is 1.86. The van der Waals surface area contributed by atoms with Gasteiger partial charge in [-0.3, -0.25) is 4.59 Å². The van der Waals surface area contributed by atoms with Gasteiger partial charge in [-0.1, -0.05) is 66.7 Å². The number of aryl methyl sites for hydroxylation is 1. The van der Waals surface area contributed by atoms with E-state index in [4.69, 9.17) is 0 Å². The van der Waals surface area contributed by atoms with Crippen LogP contribution in [0.1, 0.15) is 5.56 Å². The van der Waals surface area contributed by atoms with Gasteiger partial charge >= 0.3 is 6.42 Å². The lowest BCUT2D eigenvalue weighted by Gasteiger charge is -2.41. The standard InChI is InChI=1S/C22H20BN3/c1-18-13-14-21-22(17-18)25-15-8-16-26(25)23(24-21,19-9-4-2-5-10-19)20-11-6-3-7-12-20/h2-17,24H,1H3. The molecule has 5 rings (SSSR count). The van der Waals surface area contributed by atoms with Crippen molar-refractivity contribution in [2.24, 2.45) is 0 Å². The van der Waals surface area contributed by atoms with Crippen LogP contribution in [-0.4, -0.2) is 11.1 Å². The molecule has 0 bridgehead atoms. The molecule has 0 radical (unpaired) electrons. The monoisotopic (exact) mass is 337 g/mol. The van der Waals surface area contributed by atoms with Crippen LogP contribution in [0.5, 0.6) is 0 Å². The predicted octanol–water partition coefficient (Wildman–Crippen LogP) is 2.60. The van der Waals surface area contributed by atoms with Crippen LogP contribution in [0.4, 0.5) is 5.69 Å². The molecule has 1 aromatic heterocycles. The summed E-state index contributed by atoms with van der Waals surface area (Å²) in [6, 6.07) is 30.1. The fourth-order valence-electron chi connectivity index (χ4n) is 4.25. The topological polar surface area (TPSA) is 20.8 Å². The number of fused-ring (bicyclic) bond motifs is 3. The lowest BCUT2D eigenvalue weighted by atomic mass is 9.37. The molecule has 0 aliphatic carbocycles. The van der Waals surface area contributed by atoms with Crippen molar-refractivity contribution in [2.45, 2.75) is 6.92 Å². The SMILES string of the molecule is Cc1ccc2c(c1)-n1ccc[n+]1[B-](c1ccccc1)(c1ccccc1)N2. The van der Waals surface area contributed by atoms with E-state index >= 15 is 0 Å². The Hall–Kier alpha value is -3.27. The predicted molar refractivity (Wildman–Crippen MR) is 108 cm³/mol. The molecule has 4 heteroatoms.